The number of aryl methyl sites for hydroxylation is 1. The molecule has 8 heteroatoms. The molecule has 0 spiro atoms. The Labute approximate surface area is 155 Å². The van der Waals surface area contributed by atoms with Gasteiger partial charge in [-0.25, -0.2) is 4.79 Å². The van der Waals surface area contributed by atoms with Gasteiger partial charge in [-0.05, 0) is 43.5 Å². The van der Waals surface area contributed by atoms with Crippen LogP contribution in [0.15, 0.2) is 39.8 Å². The number of pyridine rings is 1. The zero-order chi connectivity index (χ0) is 19.2. The van der Waals surface area contributed by atoms with Crippen molar-refractivity contribution in [2.45, 2.75) is 25.9 Å². The van der Waals surface area contributed by atoms with Crippen molar-refractivity contribution in [2.75, 3.05) is 19.7 Å². The van der Waals surface area contributed by atoms with E-state index in [4.69, 9.17) is 9.15 Å². The molecule has 2 N–H and O–H groups in total. The molecule has 0 aliphatic carbocycles. The molecular weight excluding hydrogens is 350 g/mol. The van der Waals surface area contributed by atoms with Crippen molar-refractivity contribution in [2.24, 2.45) is 0 Å². The van der Waals surface area contributed by atoms with Crippen LogP contribution < -0.4 is 16.3 Å². The number of rotatable bonds is 6. The topological polar surface area (TPSA) is 111 Å². The highest BCUT2D eigenvalue weighted by molar-refractivity contribution is 5.95. The number of carbonyl (C=O) groups is 2. The minimum absolute atomic E-state index is 0.0321. The highest BCUT2D eigenvalue weighted by Crippen LogP contribution is 2.28. The predicted molar refractivity (Wildman–Crippen MR) is 96.5 cm³/mol. The first-order chi connectivity index (χ1) is 13.1. The van der Waals surface area contributed by atoms with E-state index in [9.17, 15) is 14.4 Å². The fourth-order valence-corrected chi connectivity index (χ4v) is 2.91. The third kappa shape index (κ3) is 4.59. The normalized spacial score (nSPS) is 16.1. The van der Waals surface area contributed by atoms with E-state index in [0.29, 0.717) is 23.5 Å². The summed E-state index contributed by atoms with van der Waals surface area (Å²) in [5, 5.41) is 5.29. The zero-order valence-electron chi connectivity index (χ0n) is 15.0. The van der Waals surface area contributed by atoms with Gasteiger partial charge in [0.1, 0.15) is 17.4 Å². The molecule has 2 aromatic rings. The molecule has 1 atom stereocenters. The number of amides is 2. The van der Waals surface area contributed by atoms with Gasteiger partial charge in [0.25, 0.3) is 11.8 Å². The molecule has 27 heavy (non-hydrogen) atoms. The van der Waals surface area contributed by atoms with Gasteiger partial charge in [0.15, 0.2) is 0 Å². The maximum Gasteiger partial charge on any atom is 0.349 e. The van der Waals surface area contributed by atoms with Crippen LogP contribution in [0.5, 0.6) is 0 Å². The van der Waals surface area contributed by atoms with Gasteiger partial charge in [0.2, 0.25) is 0 Å². The second-order valence-corrected chi connectivity index (χ2v) is 6.25. The SMILES string of the molecule is Cc1cc(C2CCCO2)oc(=O)c1C(=O)NCCNC(=O)c1cccnc1. The van der Waals surface area contributed by atoms with Crippen LogP contribution >= 0.6 is 0 Å². The summed E-state index contributed by atoms with van der Waals surface area (Å²) in [6.07, 6.45) is 4.52. The van der Waals surface area contributed by atoms with Gasteiger partial charge >= 0.3 is 5.63 Å². The molecule has 2 amide bonds. The minimum Gasteiger partial charge on any atom is -0.424 e. The van der Waals surface area contributed by atoms with Gasteiger partial charge < -0.3 is 19.8 Å². The van der Waals surface area contributed by atoms with Crippen LogP contribution in [0.4, 0.5) is 0 Å². The van der Waals surface area contributed by atoms with Gasteiger partial charge in [-0.2, -0.15) is 0 Å². The summed E-state index contributed by atoms with van der Waals surface area (Å²) in [5.74, 6) is -0.361. The lowest BCUT2D eigenvalue weighted by atomic mass is 10.1. The van der Waals surface area contributed by atoms with E-state index >= 15 is 0 Å². The van der Waals surface area contributed by atoms with Crippen LogP contribution in [0.2, 0.25) is 0 Å². The molecule has 0 saturated carbocycles. The Hall–Kier alpha value is -3.00. The predicted octanol–water partition coefficient (Wildman–Crippen LogP) is 1.35. The Kier molecular flexibility index (Phi) is 5.97. The summed E-state index contributed by atoms with van der Waals surface area (Å²) < 4.78 is 10.8. The van der Waals surface area contributed by atoms with E-state index in [2.05, 4.69) is 15.6 Å². The van der Waals surface area contributed by atoms with Crippen LogP contribution in [-0.4, -0.2) is 36.5 Å². The van der Waals surface area contributed by atoms with E-state index in [1.807, 2.05) is 0 Å². The minimum atomic E-state index is -0.683. The molecule has 8 nitrogen and oxygen atoms in total. The first-order valence-electron chi connectivity index (χ1n) is 8.79. The monoisotopic (exact) mass is 371 g/mol. The van der Waals surface area contributed by atoms with Gasteiger partial charge in [0, 0.05) is 32.1 Å². The molecule has 1 aliphatic heterocycles. The summed E-state index contributed by atoms with van der Waals surface area (Å²) in [4.78, 5) is 40.3. The van der Waals surface area contributed by atoms with Crippen molar-refractivity contribution < 1.29 is 18.7 Å². The summed E-state index contributed by atoms with van der Waals surface area (Å²) in [5.41, 5.74) is 0.256. The van der Waals surface area contributed by atoms with E-state index in [-0.39, 0.29) is 30.7 Å². The Bertz CT molecular complexity index is 873. The number of hydrogen-bond acceptors (Lipinski definition) is 6. The van der Waals surface area contributed by atoms with Crippen LogP contribution in [0.1, 0.15) is 51.0 Å². The van der Waals surface area contributed by atoms with Crippen LogP contribution in [0.3, 0.4) is 0 Å². The van der Waals surface area contributed by atoms with E-state index in [1.165, 1.54) is 6.20 Å². The van der Waals surface area contributed by atoms with E-state index < -0.39 is 11.5 Å². The molecule has 1 fully saturated rings. The number of ether oxygens (including phenoxy) is 1. The smallest absolute Gasteiger partial charge is 0.349 e. The van der Waals surface area contributed by atoms with Gasteiger partial charge in [-0.1, -0.05) is 0 Å². The number of nitrogens with one attached hydrogen (secondary N) is 2. The van der Waals surface area contributed by atoms with E-state index in [1.54, 1.807) is 31.3 Å². The van der Waals surface area contributed by atoms with Crippen molar-refractivity contribution >= 4 is 11.8 Å². The molecule has 3 rings (SSSR count). The molecule has 0 radical (unpaired) electrons. The van der Waals surface area contributed by atoms with Gasteiger partial charge in [-0.15, -0.1) is 0 Å². The lowest BCUT2D eigenvalue weighted by Gasteiger charge is -2.11. The number of carbonyl (C=O) groups excluding carboxylic acids is 2. The summed E-state index contributed by atoms with van der Waals surface area (Å²) >= 11 is 0. The standard InChI is InChI=1S/C19H21N3O5/c1-12-10-15(14-5-3-9-26-14)27-19(25)16(12)18(24)22-8-7-21-17(23)13-4-2-6-20-11-13/h2,4,6,10-11,14H,3,5,7-9H2,1H3,(H,21,23)(H,22,24). The van der Waals surface area contributed by atoms with Gasteiger partial charge in [0.05, 0.1) is 5.56 Å². The van der Waals surface area contributed by atoms with Crippen molar-refractivity contribution in [3.05, 3.63) is 63.5 Å². The highest BCUT2D eigenvalue weighted by Gasteiger charge is 2.24. The largest absolute Gasteiger partial charge is 0.424 e. The first-order valence-corrected chi connectivity index (χ1v) is 8.79. The Morgan fingerprint density at radius 3 is 2.67 bits per heavy atom. The second-order valence-electron chi connectivity index (χ2n) is 6.25. The molecular formula is C19H21N3O5. The molecule has 1 aliphatic rings. The van der Waals surface area contributed by atoms with Crippen LogP contribution in [0, 0.1) is 6.92 Å². The fourth-order valence-electron chi connectivity index (χ4n) is 2.91. The number of aromatic nitrogens is 1. The number of nitrogens with zero attached hydrogens (tertiary/aromatic N) is 1. The molecule has 3 heterocycles. The average Bonchev–Trinajstić information content (AvgIpc) is 3.20. The van der Waals surface area contributed by atoms with E-state index in [0.717, 1.165) is 12.8 Å². The van der Waals surface area contributed by atoms with Crippen LogP contribution in [-0.2, 0) is 4.74 Å². The zero-order valence-corrected chi connectivity index (χ0v) is 15.0. The van der Waals surface area contributed by atoms with Crippen molar-refractivity contribution in [3.63, 3.8) is 0 Å². The maximum atomic E-state index is 12.3. The van der Waals surface area contributed by atoms with Gasteiger partial charge in [-0.3, -0.25) is 14.6 Å². The summed E-state index contributed by atoms with van der Waals surface area (Å²) in [6.45, 7) is 2.73. The maximum absolute atomic E-state index is 12.3. The van der Waals surface area contributed by atoms with Crippen molar-refractivity contribution in [1.82, 2.24) is 15.6 Å². The third-order valence-electron chi connectivity index (χ3n) is 4.26. The van der Waals surface area contributed by atoms with Crippen LogP contribution in [0.25, 0.3) is 0 Å². The molecule has 0 bridgehead atoms. The quantitative estimate of drug-likeness (QED) is 0.742. The fraction of sp³-hybridized carbons (Fsp3) is 0.368. The van der Waals surface area contributed by atoms with Crippen molar-refractivity contribution in [3.8, 4) is 0 Å². The lowest BCUT2D eigenvalue weighted by Crippen LogP contribution is -2.36. The number of hydrogen-bond donors (Lipinski definition) is 2. The molecule has 1 unspecified atom stereocenters. The third-order valence-corrected chi connectivity index (χ3v) is 4.26. The highest BCUT2D eigenvalue weighted by atomic mass is 16.5. The molecule has 0 aromatic carbocycles. The Morgan fingerprint density at radius 1 is 1.26 bits per heavy atom. The first kappa shape index (κ1) is 18.8. The average molecular weight is 371 g/mol. The lowest BCUT2D eigenvalue weighted by molar-refractivity contribution is 0.0881. The second kappa shape index (κ2) is 8.59. The molecule has 142 valence electrons. The Morgan fingerprint density at radius 2 is 2.04 bits per heavy atom. The molecule has 2 aromatic heterocycles. The summed E-state index contributed by atoms with van der Waals surface area (Å²) in [7, 11) is 0. The van der Waals surface area contributed by atoms with Crippen molar-refractivity contribution in [1.29, 1.82) is 0 Å². The summed E-state index contributed by atoms with van der Waals surface area (Å²) in [6, 6.07) is 4.99. The molecule has 1 saturated heterocycles. The Balaban J connectivity index is 1.55.